The number of rotatable bonds is 7. The molecule has 1 saturated carbocycles. The van der Waals surface area contributed by atoms with E-state index in [2.05, 4.69) is 41.4 Å². The van der Waals surface area contributed by atoms with Gasteiger partial charge in [0.25, 0.3) is 0 Å². The molecule has 0 spiro atoms. The lowest BCUT2D eigenvalue weighted by Crippen LogP contribution is -2.25. The third-order valence-electron chi connectivity index (χ3n) is 4.53. The summed E-state index contributed by atoms with van der Waals surface area (Å²) in [4.78, 5) is 9.12. The standard InChI is InChI=1S/C16H28N4S/c1-5-9-17-14-10-15(20-16(19-14)21-4)18-13-8-7-12(6-2)11(13)3/h10-13H,5-9H2,1-4H3,(H2,17,18,19,20). The molecule has 0 saturated heterocycles. The van der Waals surface area contributed by atoms with E-state index in [0.717, 1.165) is 41.6 Å². The van der Waals surface area contributed by atoms with Crippen LogP contribution in [0.15, 0.2) is 11.2 Å². The number of anilines is 2. The Bertz CT molecular complexity index is 452. The molecule has 3 unspecified atom stereocenters. The van der Waals surface area contributed by atoms with Crippen molar-refractivity contribution in [2.24, 2.45) is 11.8 Å². The third-order valence-corrected chi connectivity index (χ3v) is 5.08. The molecule has 3 atom stereocenters. The fourth-order valence-corrected chi connectivity index (χ4v) is 3.53. The maximum absolute atomic E-state index is 4.61. The van der Waals surface area contributed by atoms with Gasteiger partial charge in [0.2, 0.25) is 0 Å². The smallest absolute Gasteiger partial charge is 0.191 e. The SMILES string of the molecule is CCCNc1cc(NC2CCC(CC)C2C)nc(SC)n1. The summed E-state index contributed by atoms with van der Waals surface area (Å²) in [6.07, 6.45) is 6.97. The van der Waals surface area contributed by atoms with Crippen LogP contribution in [0.5, 0.6) is 0 Å². The Labute approximate surface area is 132 Å². The van der Waals surface area contributed by atoms with Crippen molar-refractivity contribution in [2.45, 2.75) is 57.7 Å². The minimum Gasteiger partial charge on any atom is -0.370 e. The summed E-state index contributed by atoms with van der Waals surface area (Å²) in [6.45, 7) is 7.77. The van der Waals surface area contributed by atoms with Crippen molar-refractivity contribution in [3.8, 4) is 0 Å². The molecule has 0 amide bonds. The van der Waals surface area contributed by atoms with Crippen molar-refractivity contribution in [2.75, 3.05) is 23.4 Å². The quantitative estimate of drug-likeness (QED) is 0.582. The molecule has 0 radical (unpaired) electrons. The molecule has 1 heterocycles. The van der Waals surface area contributed by atoms with Gasteiger partial charge in [-0.25, -0.2) is 9.97 Å². The largest absolute Gasteiger partial charge is 0.370 e. The Balaban J connectivity index is 2.08. The van der Waals surface area contributed by atoms with E-state index in [-0.39, 0.29) is 0 Å². The average Bonchev–Trinajstić information content (AvgIpc) is 2.85. The average molecular weight is 308 g/mol. The molecule has 1 aliphatic rings. The van der Waals surface area contributed by atoms with Gasteiger partial charge in [0, 0.05) is 18.7 Å². The van der Waals surface area contributed by atoms with E-state index in [1.807, 2.05) is 12.3 Å². The minimum atomic E-state index is 0.540. The summed E-state index contributed by atoms with van der Waals surface area (Å²) in [7, 11) is 0. The molecule has 0 bridgehead atoms. The summed E-state index contributed by atoms with van der Waals surface area (Å²) in [5, 5.41) is 7.83. The van der Waals surface area contributed by atoms with Crippen LogP contribution in [-0.2, 0) is 0 Å². The Morgan fingerprint density at radius 1 is 1.24 bits per heavy atom. The third kappa shape index (κ3) is 4.25. The van der Waals surface area contributed by atoms with Gasteiger partial charge in [0.15, 0.2) is 5.16 Å². The minimum absolute atomic E-state index is 0.540. The Morgan fingerprint density at radius 2 is 2.00 bits per heavy atom. The first-order chi connectivity index (χ1) is 10.2. The monoisotopic (exact) mass is 308 g/mol. The van der Waals surface area contributed by atoms with Crippen molar-refractivity contribution < 1.29 is 0 Å². The molecule has 0 aliphatic heterocycles. The van der Waals surface area contributed by atoms with E-state index in [0.29, 0.717) is 6.04 Å². The van der Waals surface area contributed by atoms with Gasteiger partial charge >= 0.3 is 0 Å². The first kappa shape index (κ1) is 16.4. The van der Waals surface area contributed by atoms with Crippen LogP contribution in [0.3, 0.4) is 0 Å². The van der Waals surface area contributed by atoms with Crippen molar-refractivity contribution in [1.29, 1.82) is 0 Å². The number of thioether (sulfide) groups is 1. The molecule has 0 aromatic carbocycles. The Kier molecular flexibility index (Phi) is 6.15. The van der Waals surface area contributed by atoms with Gasteiger partial charge in [-0.1, -0.05) is 39.0 Å². The van der Waals surface area contributed by atoms with Crippen molar-refractivity contribution in [3.63, 3.8) is 0 Å². The first-order valence-electron chi connectivity index (χ1n) is 8.11. The summed E-state index contributed by atoms with van der Waals surface area (Å²) >= 11 is 1.59. The number of aromatic nitrogens is 2. The van der Waals surface area contributed by atoms with Crippen LogP contribution < -0.4 is 10.6 Å². The summed E-state index contributed by atoms with van der Waals surface area (Å²) < 4.78 is 0. The van der Waals surface area contributed by atoms with E-state index in [9.17, 15) is 0 Å². The van der Waals surface area contributed by atoms with E-state index in [4.69, 9.17) is 0 Å². The van der Waals surface area contributed by atoms with Gasteiger partial charge in [0.1, 0.15) is 11.6 Å². The van der Waals surface area contributed by atoms with Gasteiger partial charge in [-0.15, -0.1) is 0 Å². The Morgan fingerprint density at radius 3 is 2.62 bits per heavy atom. The fourth-order valence-electron chi connectivity index (χ4n) is 3.15. The fraction of sp³-hybridized carbons (Fsp3) is 0.750. The summed E-state index contributed by atoms with van der Waals surface area (Å²) in [5.41, 5.74) is 0. The molecule has 1 aliphatic carbocycles. The maximum Gasteiger partial charge on any atom is 0.191 e. The number of hydrogen-bond donors (Lipinski definition) is 2. The lowest BCUT2D eigenvalue weighted by atomic mass is 9.93. The lowest BCUT2D eigenvalue weighted by Gasteiger charge is -2.22. The molecule has 1 fully saturated rings. The first-order valence-corrected chi connectivity index (χ1v) is 9.33. The second-order valence-electron chi connectivity index (χ2n) is 5.91. The molecule has 21 heavy (non-hydrogen) atoms. The molecule has 2 rings (SSSR count). The second-order valence-corrected chi connectivity index (χ2v) is 6.68. The summed E-state index contributed by atoms with van der Waals surface area (Å²) in [6, 6.07) is 2.58. The molecule has 118 valence electrons. The maximum atomic E-state index is 4.61. The van der Waals surface area contributed by atoms with E-state index in [1.54, 1.807) is 11.8 Å². The van der Waals surface area contributed by atoms with Crippen molar-refractivity contribution >= 4 is 23.4 Å². The topological polar surface area (TPSA) is 49.8 Å². The highest BCUT2D eigenvalue weighted by Gasteiger charge is 2.31. The second kappa shape index (κ2) is 7.87. The Hall–Kier alpha value is -0.970. The predicted molar refractivity (Wildman–Crippen MR) is 92.2 cm³/mol. The molecule has 2 N–H and O–H groups in total. The molecule has 1 aromatic heterocycles. The van der Waals surface area contributed by atoms with Crippen LogP contribution in [0.4, 0.5) is 11.6 Å². The van der Waals surface area contributed by atoms with Gasteiger partial charge in [0.05, 0.1) is 0 Å². The van der Waals surface area contributed by atoms with Crippen LogP contribution in [0, 0.1) is 11.8 Å². The normalized spacial score (nSPS) is 25.0. The van der Waals surface area contributed by atoms with Gasteiger partial charge in [-0.05, 0) is 37.4 Å². The molecular weight excluding hydrogens is 280 g/mol. The van der Waals surface area contributed by atoms with Crippen LogP contribution in [-0.4, -0.2) is 28.8 Å². The lowest BCUT2D eigenvalue weighted by molar-refractivity contribution is 0.391. The predicted octanol–water partition coefficient (Wildman–Crippen LogP) is 4.26. The zero-order valence-electron chi connectivity index (χ0n) is 13.6. The molecule has 5 heteroatoms. The zero-order chi connectivity index (χ0) is 15.2. The van der Waals surface area contributed by atoms with Crippen LogP contribution in [0.2, 0.25) is 0 Å². The summed E-state index contributed by atoms with van der Waals surface area (Å²) in [5.74, 6) is 3.45. The number of nitrogens with one attached hydrogen (secondary N) is 2. The highest BCUT2D eigenvalue weighted by molar-refractivity contribution is 7.98. The van der Waals surface area contributed by atoms with Gasteiger partial charge in [-0.3, -0.25) is 0 Å². The van der Waals surface area contributed by atoms with Gasteiger partial charge < -0.3 is 10.6 Å². The zero-order valence-corrected chi connectivity index (χ0v) is 14.5. The number of hydrogen-bond acceptors (Lipinski definition) is 5. The number of nitrogens with zero attached hydrogens (tertiary/aromatic N) is 2. The highest BCUT2D eigenvalue weighted by atomic mass is 32.2. The highest BCUT2D eigenvalue weighted by Crippen LogP contribution is 2.35. The van der Waals surface area contributed by atoms with Crippen molar-refractivity contribution in [3.05, 3.63) is 6.07 Å². The van der Waals surface area contributed by atoms with Crippen LogP contribution in [0.25, 0.3) is 0 Å². The van der Waals surface area contributed by atoms with Crippen LogP contribution in [0.1, 0.15) is 46.5 Å². The van der Waals surface area contributed by atoms with Crippen LogP contribution >= 0.6 is 11.8 Å². The molecular formula is C16H28N4S. The van der Waals surface area contributed by atoms with E-state index < -0.39 is 0 Å². The molecule has 1 aromatic rings. The van der Waals surface area contributed by atoms with Gasteiger partial charge in [-0.2, -0.15) is 0 Å². The van der Waals surface area contributed by atoms with E-state index >= 15 is 0 Å². The van der Waals surface area contributed by atoms with E-state index in [1.165, 1.54) is 19.3 Å². The molecule has 4 nitrogen and oxygen atoms in total. The van der Waals surface area contributed by atoms with Crippen molar-refractivity contribution in [1.82, 2.24) is 9.97 Å².